The summed E-state index contributed by atoms with van der Waals surface area (Å²) in [6.45, 7) is 7.12. The van der Waals surface area contributed by atoms with Gasteiger partial charge >= 0.3 is 0 Å². The van der Waals surface area contributed by atoms with Crippen LogP contribution >= 0.6 is 0 Å². The molecule has 3 rings (SSSR count). The van der Waals surface area contributed by atoms with Gasteiger partial charge in [0.1, 0.15) is 0 Å². The van der Waals surface area contributed by atoms with E-state index in [1.165, 1.54) is 31.5 Å². The average Bonchev–Trinajstić information content (AvgIpc) is 3.12. The van der Waals surface area contributed by atoms with Crippen LogP contribution < -0.4 is 10.6 Å². The van der Waals surface area contributed by atoms with Crippen molar-refractivity contribution in [3.63, 3.8) is 0 Å². The van der Waals surface area contributed by atoms with Gasteiger partial charge in [-0.2, -0.15) is 0 Å². The van der Waals surface area contributed by atoms with E-state index >= 15 is 0 Å². The molecule has 2 aliphatic heterocycles. The molecule has 2 N–H and O–H groups in total. The van der Waals surface area contributed by atoms with E-state index in [-0.39, 0.29) is 11.3 Å². The Balaban J connectivity index is 1.63. The lowest BCUT2D eigenvalue weighted by Gasteiger charge is -2.22. The Kier molecular flexibility index (Phi) is 4.27. The van der Waals surface area contributed by atoms with Crippen LogP contribution in [0.3, 0.4) is 0 Å². The second kappa shape index (κ2) is 6.16. The molecule has 0 aromatic heterocycles. The quantitative estimate of drug-likeness (QED) is 0.892. The molecule has 0 radical (unpaired) electrons. The smallest absolute Gasteiger partial charge is 0.231 e. The fourth-order valence-electron chi connectivity index (χ4n) is 3.24. The number of carbonyl (C=O) groups excluding carboxylic acids is 1. The van der Waals surface area contributed by atoms with Crippen molar-refractivity contribution in [2.75, 3.05) is 31.5 Å². The van der Waals surface area contributed by atoms with Crippen LogP contribution in [0, 0.1) is 5.41 Å². The third-order valence-electron chi connectivity index (χ3n) is 4.71. The molecule has 2 heterocycles. The summed E-state index contributed by atoms with van der Waals surface area (Å²) in [4.78, 5) is 14.9. The van der Waals surface area contributed by atoms with Crippen molar-refractivity contribution >= 4 is 11.6 Å². The van der Waals surface area contributed by atoms with Crippen LogP contribution in [0.5, 0.6) is 0 Å². The predicted octanol–water partition coefficient (Wildman–Crippen LogP) is 2.22. The number of likely N-dealkylation sites (tertiary alicyclic amines) is 1. The molecule has 0 spiro atoms. The SMILES string of the molecule is CC1(C(=O)Nc2cccc(CN3CCCC3)c2)CCNC1. The second-order valence-electron chi connectivity index (χ2n) is 6.63. The molecular formula is C17H25N3O. The zero-order chi connectivity index (χ0) is 14.7. The van der Waals surface area contributed by atoms with Crippen molar-refractivity contribution in [2.45, 2.75) is 32.7 Å². The molecule has 0 saturated carbocycles. The Morgan fingerprint density at radius 1 is 1.38 bits per heavy atom. The summed E-state index contributed by atoms with van der Waals surface area (Å²) in [5.41, 5.74) is 1.93. The molecule has 21 heavy (non-hydrogen) atoms. The van der Waals surface area contributed by atoms with Gasteiger partial charge in [-0.25, -0.2) is 0 Å². The van der Waals surface area contributed by atoms with E-state index < -0.39 is 0 Å². The van der Waals surface area contributed by atoms with Gasteiger partial charge in [-0.15, -0.1) is 0 Å². The van der Waals surface area contributed by atoms with Crippen molar-refractivity contribution in [3.8, 4) is 0 Å². The molecule has 1 aromatic carbocycles. The number of rotatable bonds is 4. The van der Waals surface area contributed by atoms with E-state index in [9.17, 15) is 4.79 Å². The molecule has 2 fully saturated rings. The Morgan fingerprint density at radius 3 is 2.90 bits per heavy atom. The molecule has 1 amide bonds. The minimum absolute atomic E-state index is 0.130. The second-order valence-corrected chi connectivity index (χ2v) is 6.63. The van der Waals surface area contributed by atoms with Crippen molar-refractivity contribution in [2.24, 2.45) is 5.41 Å². The van der Waals surface area contributed by atoms with Crippen LogP contribution in [0.15, 0.2) is 24.3 Å². The van der Waals surface area contributed by atoms with Crippen LogP contribution in [0.2, 0.25) is 0 Å². The number of benzene rings is 1. The largest absolute Gasteiger partial charge is 0.326 e. The summed E-state index contributed by atoms with van der Waals surface area (Å²) in [7, 11) is 0. The van der Waals surface area contributed by atoms with E-state index in [2.05, 4.69) is 27.7 Å². The van der Waals surface area contributed by atoms with Gasteiger partial charge in [-0.05, 0) is 63.5 Å². The van der Waals surface area contributed by atoms with E-state index in [1.807, 2.05) is 19.1 Å². The number of carbonyl (C=O) groups is 1. The molecule has 2 saturated heterocycles. The van der Waals surface area contributed by atoms with Gasteiger partial charge in [-0.3, -0.25) is 9.69 Å². The minimum atomic E-state index is -0.273. The lowest BCUT2D eigenvalue weighted by atomic mass is 9.88. The monoisotopic (exact) mass is 287 g/mol. The van der Waals surface area contributed by atoms with Gasteiger partial charge in [0, 0.05) is 18.8 Å². The zero-order valence-electron chi connectivity index (χ0n) is 12.8. The highest BCUT2D eigenvalue weighted by Gasteiger charge is 2.36. The highest BCUT2D eigenvalue weighted by atomic mass is 16.2. The summed E-state index contributed by atoms with van der Waals surface area (Å²) in [6, 6.07) is 8.28. The van der Waals surface area contributed by atoms with Crippen molar-refractivity contribution < 1.29 is 4.79 Å². The van der Waals surface area contributed by atoms with Crippen LogP contribution in [-0.4, -0.2) is 37.0 Å². The number of nitrogens with one attached hydrogen (secondary N) is 2. The normalized spacial score (nSPS) is 26.1. The maximum atomic E-state index is 12.4. The van der Waals surface area contributed by atoms with Crippen LogP contribution in [-0.2, 0) is 11.3 Å². The van der Waals surface area contributed by atoms with Gasteiger partial charge in [0.05, 0.1) is 5.41 Å². The Labute approximate surface area is 126 Å². The molecule has 0 aliphatic carbocycles. The van der Waals surface area contributed by atoms with E-state index in [4.69, 9.17) is 0 Å². The molecule has 1 aromatic rings. The molecular weight excluding hydrogens is 262 g/mol. The Morgan fingerprint density at radius 2 is 2.19 bits per heavy atom. The van der Waals surface area contributed by atoms with Gasteiger partial charge in [0.25, 0.3) is 0 Å². The van der Waals surface area contributed by atoms with Crippen molar-refractivity contribution in [1.82, 2.24) is 10.2 Å². The third-order valence-corrected chi connectivity index (χ3v) is 4.71. The first kappa shape index (κ1) is 14.5. The molecule has 4 nitrogen and oxygen atoms in total. The summed E-state index contributed by atoms with van der Waals surface area (Å²) in [6.07, 6.45) is 3.52. The number of anilines is 1. The molecule has 0 bridgehead atoms. The van der Waals surface area contributed by atoms with Crippen LogP contribution in [0.25, 0.3) is 0 Å². The maximum Gasteiger partial charge on any atom is 0.231 e. The van der Waals surface area contributed by atoms with Gasteiger partial charge in [0.2, 0.25) is 5.91 Å². The summed E-state index contributed by atoms with van der Waals surface area (Å²) in [5.74, 6) is 0.130. The van der Waals surface area contributed by atoms with E-state index in [0.717, 1.165) is 31.7 Å². The summed E-state index contributed by atoms with van der Waals surface area (Å²) in [5, 5.41) is 6.36. The lowest BCUT2D eigenvalue weighted by molar-refractivity contribution is -0.123. The molecule has 4 heteroatoms. The maximum absolute atomic E-state index is 12.4. The number of amides is 1. The van der Waals surface area contributed by atoms with E-state index in [0.29, 0.717) is 0 Å². The lowest BCUT2D eigenvalue weighted by Crippen LogP contribution is -2.35. The number of hydrogen-bond donors (Lipinski definition) is 2. The first-order valence-electron chi connectivity index (χ1n) is 7.99. The first-order valence-corrected chi connectivity index (χ1v) is 7.99. The van der Waals surface area contributed by atoms with Crippen LogP contribution in [0.1, 0.15) is 31.7 Å². The predicted molar refractivity (Wildman–Crippen MR) is 85.2 cm³/mol. The standard InChI is InChI=1S/C17H25N3O/c1-17(7-8-18-13-17)16(21)19-15-6-4-5-14(11-15)12-20-9-2-3-10-20/h4-6,11,18H,2-3,7-10,12-13H2,1H3,(H,19,21). The van der Waals surface area contributed by atoms with Crippen molar-refractivity contribution in [3.05, 3.63) is 29.8 Å². The number of hydrogen-bond acceptors (Lipinski definition) is 3. The molecule has 1 atom stereocenters. The highest BCUT2D eigenvalue weighted by molar-refractivity contribution is 5.95. The van der Waals surface area contributed by atoms with Gasteiger partial charge < -0.3 is 10.6 Å². The van der Waals surface area contributed by atoms with Crippen molar-refractivity contribution in [1.29, 1.82) is 0 Å². The molecule has 1 unspecified atom stereocenters. The third kappa shape index (κ3) is 3.44. The van der Waals surface area contributed by atoms with Crippen LogP contribution in [0.4, 0.5) is 5.69 Å². The Bertz CT molecular complexity index is 503. The average molecular weight is 287 g/mol. The highest BCUT2D eigenvalue weighted by Crippen LogP contribution is 2.26. The zero-order valence-corrected chi connectivity index (χ0v) is 12.8. The minimum Gasteiger partial charge on any atom is -0.326 e. The van der Waals surface area contributed by atoms with Gasteiger partial charge in [-0.1, -0.05) is 12.1 Å². The first-order chi connectivity index (χ1) is 10.2. The fraction of sp³-hybridized carbons (Fsp3) is 0.588. The topological polar surface area (TPSA) is 44.4 Å². The van der Waals surface area contributed by atoms with Gasteiger partial charge in [0.15, 0.2) is 0 Å². The molecule has 2 aliphatic rings. The summed E-state index contributed by atoms with van der Waals surface area (Å²) < 4.78 is 0. The molecule has 114 valence electrons. The van der Waals surface area contributed by atoms with E-state index in [1.54, 1.807) is 0 Å². The Hall–Kier alpha value is -1.39. The number of nitrogens with zero attached hydrogens (tertiary/aromatic N) is 1. The summed E-state index contributed by atoms with van der Waals surface area (Å²) >= 11 is 0. The fourth-order valence-corrected chi connectivity index (χ4v) is 3.24.